The largest absolute Gasteiger partial charge is 0.484 e. The maximum Gasteiger partial charge on any atom is 0.296 e. The lowest BCUT2D eigenvalue weighted by Gasteiger charge is -2.15. The van der Waals surface area contributed by atoms with E-state index < -0.39 is 30.0 Å². The number of hydrogen-bond donors (Lipinski definition) is 3. The number of imidazole rings is 1. The van der Waals surface area contributed by atoms with E-state index in [1.807, 2.05) is 0 Å². The zero-order chi connectivity index (χ0) is 25.0. The van der Waals surface area contributed by atoms with Crippen LogP contribution in [0.15, 0.2) is 18.2 Å². The molecule has 4 heterocycles. The van der Waals surface area contributed by atoms with Crippen molar-refractivity contribution in [3.8, 4) is 11.8 Å². The predicted octanol–water partition coefficient (Wildman–Crippen LogP) is 1.79. The van der Waals surface area contributed by atoms with Crippen molar-refractivity contribution in [2.45, 2.75) is 49.6 Å². The fraction of sp³-hybridized carbons (Fsp3) is 0.458. The summed E-state index contributed by atoms with van der Waals surface area (Å²) in [6.45, 7) is 0.188. The Morgan fingerprint density at radius 3 is 2.92 bits per heavy atom. The number of halogens is 2. The van der Waals surface area contributed by atoms with E-state index in [9.17, 15) is 14.3 Å². The minimum atomic E-state index is -0.665. The fourth-order valence-electron chi connectivity index (χ4n) is 5.28. The summed E-state index contributed by atoms with van der Waals surface area (Å²) >= 11 is 6.54. The SMILES string of the molecule is NC(=O)COc1cc(F)c2c(c1)CCC2Cc1nc2nc(O[C@@H]3CO[C@H]4[C@@H]3OC[C@H]4O)[nH]c2cc1Cl. The van der Waals surface area contributed by atoms with Gasteiger partial charge in [-0.1, -0.05) is 11.6 Å². The standard InChI is InChI=1S/C24H24ClFN4O6/c25-13-6-16-23(30-24(29-16)36-18-8-35-21-17(31)7-34-22(18)21)28-15(13)4-11-2-1-10-3-12(33-9-19(27)32)5-14(26)20(10)11/h3,5-6,11,17-18,21-22,31H,1-2,4,7-9H2,(H2,27,32)(H,28,29,30)/t11?,17-,18-,21-,22-/m1/s1. The van der Waals surface area contributed by atoms with Crippen LogP contribution in [0, 0.1) is 5.82 Å². The first-order chi connectivity index (χ1) is 17.4. The van der Waals surface area contributed by atoms with Gasteiger partial charge in [-0.2, -0.15) is 4.98 Å². The second kappa shape index (κ2) is 9.15. The van der Waals surface area contributed by atoms with Crippen molar-refractivity contribution in [2.75, 3.05) is 19.8 Å². The molecule has 2 saturated heterocycles. The van der Waals surface area contributed by atoms with Crippen LogP contribution in [0.5, 0.6) is 11.8 Å². The number of benzene rings is 1. The number of hydrogen-bond acceptors (Lipinski definition) is 8. The maximum absolute atomic E-state index is 15.0. The molecule has 6 rings (SSSR count). The molecule has 190 valence electrons. The number of H-pyrrole nitrogens is 1. The normalized spacial score (nSPS) is 26.8. The van der Waals surface area contributed by atoms with Crippen molar-refractivity contribution in [3.05, 3.63) is 45.9 Å². The number of aliphatic hydroxyl groups excluding tert-OH is 1. The first-order valence-corrected chi connectivity index (χ1v) is 12.1. The number of amides is 1. The van der Waals surface area contributed by atoms with Gasteiger partial charge in [-0.25, -0.2) is 9.37 Å². The quantitative estimate of drug-likeness (QED) is 0.430. The second-order valence-electron chi connectivity index (χ2n) is 9.32. The molecule has 2 aromatic heterocycles. The lowest BCUT2D eigenvalue weighted by atomic mass is 9.95. The van der Waals surface area contributed by atoms with E-state index >= 15 is 0 Å². The Morgan fingerprint density at radius 2 is 2.08 bits per heavy atom. The molecule has 4 N–H and O–H groups in total. The lowest BCUT2D eigenvalue weighted by Crippen LogP contribution is -2.34. The van der Waals surface area contributed by atoms with E-state index in [-0.39, 0.29) is 43.6 Å². The summed E-state index contributed by atoms with van der Waals surface area (Å²) in [5.74, 6) is -0.841. The van der Waals surface area contributed by atoms with E-state index in [0.717, 1.165) is 12.0 Å². The molecule has 36 heavy (non-hydrogen) atoms. The Balaban J connectivity index is 1.19. The predicted molar refractivity (Wildman–Crippen MR) is 125 cm³/mol. The third-order valence-corrected chi connectivity index (χ3v) is 7.23. The fourth-order valence-corrected chi connectivity index (χ4v) is 5.51. The number of primary amides is 1. The number of carbonyl (C=O) groups excluding carboxylic acids is 1. The molecule has 3 aromatic rings. The summed E-state index contributed by atoms with van der Waals surface area (Å²) in [6, 6.07) is 5.02. The molecule has 1 aliphatic carbocycles. The van der Waals surface area contributed by atoms with Crippen LogP contribution >= 0.6 is 11.6 Å². The van der Waals surface area contributed by atoms with Gasteiger partial charge in [0.1, 0.15) is 29.9 Å². The van der Waals surface area contributed by atoms with Gasteiger partial charge in [-0.15, -0.1) is 0 Å². The van der Waals surface area contributed by atoms with Crippen LogP contribution < -0.4 is 15.2 Å². The number of fused-ring (bicyclic) bond motifs is 3. The van der Waals surface area contributed by atoms with Gasteiger partial charge < -0.3 is 34.8 Å². The monoisotopic (exact) mass is 518 g/mol. The smallest absolute Gasteiger partial charge is 0.296 e. The highest BCUT2D eigenvalue weighted by Crippen LogP contribution is 2.40. The third kappa shape index (κ3) is 4.26. The zero-order valence-electron chi connectivity index (χ0n) is 19.1. The molecule has 2 fully saturated rings. The van der Waals surface area contributed by atoms with Crippen LogP contribution in [0.25, 0.3) is 11.2 Å². The van der Waals surface area contributed by atoms with Gasteiger partial charge in [0.25, 0.3) is 11.9 Å². The average Bonchev–Trinajstić information content (AvgIpc) is 3.59. The molecule has 3 aliphatic rings. The molecule has 10 nitrogen and oxygen atoms in total. The van der Waals surface area contributed by atoms with Crippen molar-refractivity contribution in [1.82, 2.24) is 15.0 Å². The molecule has 5 atom stereocenters. The topological polar surface area (TPSA) is 142 Å². The Kier molecular flexibility index (Phi) is 5.95. The molecule has 0 radical (unpaired) electrons. The van der Waals surface area contributed by atoms with Gasteiger partial charge in [-0.3, -0.25) is 4.79 Å². The van der Waals surface area contributed by atoms with Crippen molar-refractivity contribution in [3.63, 3.8) is 0 Å². The highest BCUT2D eigenvalue weighted by atomic mass is 35.5. The van der Waals surface area contributed by atoms with Gasteiger partial charge >= 0.3 is 0 Å². The van der Waals surface area contributed by atoms with Gasteiger partial charge in [0.2, 0.25) is 0 Å². The average molecular weight is 519 g/mol. The summed E-state index contributed by atoms with van der Waals surface area (Å²) in [6.07, 6.45) is 0.00715. The molecule has 12 heteroatoms. The van der Waals surface area contributed by atoms with Crippen molar-refractivity contribution < 1.29 is 33.2 Å². The van der Waals surface area contributed by atoms with E-state index in [1.54, 1.807) is 12.1 Å². The summed E-state index contributed by atoms with van der Waals surface area (Å²) in [7, 11) is 0. The van der Waals surface area contributed by atoms with Crippen LogP contribution in [0.2, 0.25) is 5.02 Å². The molecule has 1 aromatic carbocycles. The van der Waals surface area contributed by atoms with Crippen molar-refractivity contribution in [1.29, 1.82) is 0 Å². The number of carbonyl (C=O) groups is 1. The van der Waals surface area contributed by atoms with E-state index in [4.69, 9.17) is 36.3 Å². The molecular formula is C24H24ClFN4O6. The summed E-state index contributed by atoms with van der Waals surface area (Å²) in [4.78, 5) is 23.1. The zero-order valence-corrected chi connectivity index (χ0v) is 19.8. The molecule has 2 aliphatic heterocycles. The van der Waals surface area contributed by atoms with Crippen LogP contribution in [-0.2, 0) is 27.1 Å². The van der Waals surface area contributed by atoms with Gasteiger partial charge in [0.15, 0.2) is 18.4 Å². The van der Waals surface area contributed by atoms with E-state index in [1.165, 1.54) is 6.07 Å². The van der Waals surface area contributed by atoms with Crippen LogP contribution in [0.4, 0.5) is 4.39 Å². The third-order valence-electron chi connectivity index (χ3n) is 6.90. The maximum atomic E-state index is 15.0. The first kappa shape index (κ1) is 23.4. The molecule has 1 unspecified atom stereocenters. The van der Waals surface area contributed by atoms with Crippen LogP contribution in [0.3, 0.4) is 0 Å². The summed E-state index contributed by atoms with van der Waals surface area (Å²) < 4.78 is 37.4. The van der Waals surface area contributed by atoms with E-state index in [2.05, 4.69) is 15.0 Å². The number of aromatic amines is 1. The number of ether oxygens (including phenoxy) is 4. The number of pyridine rings is 1. The van der Waals surface area contributed by atoms with E-state index in [0.29, 0.717) is 40.3 Å². The Labute approximate surface area is 209 Å². The number of nitrogens with two attached hydrogens (primary N) is 1. The highest BCUT2D eigenvalue weighted by molar-refractivity contribution is 6.31. The summed E-state index contributed by atoms with van der Waals surface area (Å²) in [5.41, 5.74) is 8.21. The van der Waals surface area contributed by atoms with Crippen molar-refractivity contribution >= 4 is 28.7 Å². The van der Waals surface area contributed by atoms with Gasteiger partial charge in [0.05, 0.1) is 29.4 Å². The number of aryl methyl sites for hydroxylation is 1. The highest BCUT2D eigenvalue weighted by Gasteiger charge is 2.48. The number of rotatable bonds is 7. The van der Waals surface area contributed by atoms with Gasteiger partial charge in [-0.05, 0) is 48.4 Å². The lowest BCUT2D eigenvalue weighted by molar-refractivity contribution is -0.119. The molecule has 0 bridgehead atoms. The number of nitrogens with one attached hydrogen (secondary N) is 1. The Hall–Kier alpha value is -2.99. The minimum Gasteiger partial charge on any atom is -0.484 e. The molecule has 0 saturated carbocycles. The van der Waals surface area contributed by atoms with Crippen LogP contribution in [0.1, 0.15) is 29.2 Å². The number of aliphatic hydroxyl groups is 1. The van der Waals surface area contributed by atoms with Crippen molar-refractivity contribution in [2.24, 2.45) is 5.73 Å². The Bertz CT molecular complexity index is 1340. The summed E-state index contributed by atoms with van der Waals surface area (Å²) in [5, 5.41) is 10.4. The molecular weight excluding hydrogens is 495 g/mol. The number of nitrogens with zero attached hydrogens (tertiary/aromatic N) is 2. The first-order valence-electron chi connectivity index (χ1n) is 11.7. The minimum absolute atomic E-state index is 0.110. The van der Waals surface area contributed by atoms with Crippen LogP contribution in [-0.4, -0.2) is 70.2 Å². The second-order valence-corrected chi connectivity index (χ2v) is 9.73. The Morgan fingerprint density at radius 1 is 1.25 bits per heavy atom. The molecule has 1 amide bonds. The number of aromatic nitrogens is 3. The van der Waals surface area contributed by atoms with Gasteiger partial charge in [0, 0.05) is 6.07 Å². The molecule has 0 spiro atoms.